The first-order valence-corrected chi connectivity index (χ1v) is 21.2. The molecule has 0 amide bonds. The van der Waals surface area contributed by atoms with Crippen molar-refractivity contribution in [2.45, 2.75) is 12.0 Å². The van der Waals surface area contributed by atoms with Crippen LogP contribution in [-0.2, 0) is 0 Å². The molecular weight excluding hydrogens is 741 g/mol. The summed E-state index contributed by atoms with van der Waals surface area (Å²) in [7, 11) is 0. The molecule has 1 aliphatic heterocycles. The second-order valence-electron chi connectivity index (χ2n) is 16.5. The Labute approximate surface area is 353 Å². The van der Waals surface area contributed by atoms with Gasteiger partial charge in [-0.05, 0) is 135 Å². The van der Waals surface area contributed by atoms with Crippen LogP contribution in [0.1, 0.15) is 11.5 Å². The van der Waals surface area contributed by atoms with E-state index < -0.39 is 0 Å². The van der Waals surface area contributed by atoms with E-state index in [4.69, 9.17) is 4.42 Å². The molecule has 0 radical (unpaired) electrons. The smallest absolute Gasteiger partial charge is 0.136 e. The molecule has 0 saturated heterocycles. The van der Waals surface area contributed by atoms with Gasteiger partial charge >= 0.3 is 0 Å². The second-order valence-corrected chi connectivity index (χ2v) is 16.5. The molecule has 2 unspecified atom stereocenters. The number of para-hydroxylation sites is 2. The molecule has 11 aromatic rings. The Balaban J connectivity index is 0.906. The summed E-state index contributed by atoms with van der Waals surface area (Å²) in [6.07, 6.45) is 9.13. The third kappa shape index (κ3) is 5.37. The quantitative estimate of drug-likeness (QED) is 0.174. The van der Waals surface area contributed by atoms with Crippen LogP contribution in [-0.4, -0.2) is 10.6 Å². The maximum Gasteiger partial charge on any atom is 0.136 e. The zero-order valence-electron chi connectivity index (χ0n) is 33.2. The fraction of sp³-hybridized carbons (Fsp3) is 0.0345. The van der Waals surface area contributed by atoms with Crippen LogP contribution < -0.4 is 4.90 Å². The van der Waals surface area contributed by atoms with E-state index in [0.717, 1.165) is 33.2 Å². The van der Waals surface area contributed by atoms with Gasteiger partial charge in [0.15, 0.2) is 0 Å². The van der Waals surface area contributed by atoms with E-state index >= 15 is 0 Å². The van der Waals surface area contributed by atoms with Crippen molar-refractivity contribution in [2.75, 3.05) is 4.90 Å². The van der Waals surface area contributed by atoms with Crippen LogP contribution in [0.5, 0.6) is 0 Å². The lowest BCUT2D eigenvalue weighted by Gasteiger charge is -2.28. The Hall–Kier alpha value is -7.88. The maximum atomic E-state index is 6.31. The maximum absolute atomic E-state index is 6.31. The van der Waals surface area contributed by atoms with Crippen molar-refractivity contribution in [3.8, 4) is 39.1 Å². The number of fused-ring (bicyclic) bond motifs is 10. The predicted octanol–water partition coefficient (Wildman–Crippen LogP) is 15.6. The highest BCUT2D eigenvalue weighted by Gasteiger charge is 2.37. The Morgan fingerprint density at radius 3 is 1.80 bits per heavy atom. The van der Waals surface area contributed by atoms with E-state index in [0.29, 0.717) is 0 Å². The lowest BCUT2D eigenvalue weighted by molar-refractivity contribution is 0.669. The highest BCUT2D eigenvalue weighted by molar-refractivity contribution is 6.12. The van der Waals surface area contributed by atoms with Crippen molar-refractivity contribution < 1.29 is 4.42 Å². The van der Waals surface area contributed by atoms with Gasteiger partial charge in [0.25, 0.3) is 0 Å². The number of hydrogen-bond donors (Lipinski definition) is 0. The zero-order chi connectivity index (χ0) is 40.0. The highest BCUT2D eigenvalue weighted by Crippen LogP contribution is 2.49. The predicted molar refractivity (Wildman–Crippen MR) is 255 cm³/mol. The molecule has 0 bridgehead atoms. The van der Waals surface area contributed by atoms with E-state index in [2.05, 4.69) is 216 Å². The summed E-state index contributed by atoms with van der Waals surface area (Å²) in [6, 6.07) is 71.2. The Morgan fingerprint density at radius 1 is 0.377 bits per heavy atom. The first-order chi connectivity index (χ1) is 30.2. The summed E-state index contributed by atoms with van der Waals surface area (Å²) < 4.78 is 8.71. The minimum absolute atomic E-state index is 0.213. The number of aromatic nitrogens is 1. The molecule has 286 valence electrons. The van der Waals surface area contributed by atoms with E-state index in [1.54, 1.807) is 0 Å². The molecule has 13 rings (SSSR count). The fourth-order valence-electron chi connectivity index (χ4n) is 10.1. The highest BCUT2D eigenvalue weighted by atomic mass is 16.3. The largest absolute Gasteiger partial charge is 0.456 e. The number of rotatable bonds is 5. The molecule has 0 fully saturated rings. The molecule has 3 nitrogen and oxygen atoms in total. The van der Waals surface area contributed by atoms with Crippen molar-refractivity contribution >= 4 is 65.9 Å². The Kier molecular flexibility index (Phi) is 7.43. The van der Waals surface area contributed by atoms with E-state index in [1.165, 1.54) is 77.3 Å². The third-order valence-electron chi connectivity index (χ3n) is 13.1. The molecule has 0 saturated carbocycles. The van der Waals surface area contributed by atoms with E-state index in [-0.39, 0.29) is 12.0 Å². The van der Waals surface area contributed by atoms with Gasteiger partial charge in [-0.2, -0.15) is 0 Å². The van der Waals surface area contributed by atoms with Crippen LogP contribution in [0, 0.1) is 0 Å². The standard InChI is InChI=1S/C58H38N2O/c1-2-12-45(13-3-1)59-55-30-24-42(34-51(55)52-35-43(25-31-56(52)59)44-22-28-49-48-15-7-9-17-57(48)61-58(49)36-44)41-23-29-54-50(33-41)47-14-6-8-16-53(47)60(54)46-26-20-38(21-27-46)40-19-18-37-10-4-5-11-39(37)32-40/h1-36,47,53H. The van der Waals surface area contributed by atoms with Crippen LogP contribution in [0.3, 0.4) is 0 Å². The van der Waals surface area contributed by atoms with Gasteiger partial charge in [-0.15, -0.1) is 0 Å². The van der Waals surface area contributed by atoms with E-state index in [9.17, 15) is 0 Å². The number of furan rings is 1. The Bertz CT molecular complexity index is 3600. The van der Waals surface area contributed by atoms with Gasteiger partial charge in [0, 0.05) is 44.5 Å². The molecular formula is C58H38N2O. The summed E-state index contributed by atoms with van der Waals surface area (Å²) in [4.78, 5) is 2.52. The molecule has 3 heteroatoms. The normalized spacial score (nSPS) is 15.7. The van der Waals surface area contributed by atoms with E-state index in [1.807, 2.05) is 12.1 Å². The number of nitrogens with zero attached hydrogens (tertiary/aromatic N) is 2. The van der Waals surface area contributed by atoms with Gasteiger partial charge in [-0.1, -0.05) is 133 Å². The van der Waals surface area contributed by atoms with Crippen LogP contribution in [0.4, 0.5) is 11.4 Å². The molecule has 0 N–H and O–H groups in total. The number of hydrogen-bond acceptors (Lipinski definition) is 2. The van der Waals surface area contributed by atoms with Gasteiger partial charge < -0.3 is 13.9 Å². The number of benzene rings is 9. The van der Waals surface area contributed by atoms with Crippen LogP contribution in [0.15, 0.2) is 223 Å². The second kappa shape index (κ2) is 13.3. The van der Waals surface area contributed by atoms with Gasteiger partial charge in [0.1, 0.15) is 11.2 Å². The minimum Gasteiger partial charge on any atom is -0.456 e. The molecule has 1 aliphatic carbocycles. The average Bonchev–Trinajstić information content (AvgIpc) is 3.98. The lowest BCUT2D eigenvalue weighted by Crippen LogP contribution is -2.28. The van der Waals surface area contributed by atoms with Crippen molar-refractivity contribution in [1.82, 2.24) is 4.57 Å². The van der Waals surface area contributed by atoms with Gasteiger partial charge in [-0.3, -0.25) is 0 Å². The first kappa shape index (κ1) is 34.0. The van der Waals surface area contributed by atoms with Crippen molar-refractivity contribution in [2.24, 2.45) is 0 Å². The van der Waals surface area contributed by atoms with Gasteiger partial charge in [0.2, 0.25) is 0 Å². The first-order valence-electron chi connectivity index (χ1n) is 21.2. The van der Waals surface area contributed by atoms with Crippen LogP contribution in [0.25, 0.3) is 93.6 Å². The summed E-state index contributed by atoms with van der Waals surface area (Å²) >= 11 is 0. The lowest BCUT2D eigenvalue weighted by atomic mass is 9.89. The molecule has 3 heterocycles. The topological polar surface area (TPSA) is 21.3 Å². The van der Waals surface area contributed by atoms with Crippen molar-refractivity contribution in [1.29, 1.82) is 0 Å². The fourth-order valence-corrected chi connectivity index (χ4v) is 10.1. The SMILES string of the molecule is C1=CC2c3cc(-c4ccc5c(c4)c4cc(-c6ccc7c(c6)oc6ccccc67)ccc4n5-c4ccccc4)ccc3N(c3ccc(-c4ccc5ccccc5c4)cc3)C2C=C1. The Morgan fingerprint density at radius 2 is 0.984 bits per heavy atom. The molecule has 2 aromatic heterocycles. The summed E-state index contributed by atoms with van der Waals surface area (Å²) in [6.45, 7) is 0. The van der Waals surface area contributed by atoms with Crippen molar-refractivity contribution in [3.63, 3.8) is 0 Å². The average molecular weight is 779 g/mol. The van der Waals surface area contributed by atoms with Gasteiger partial charge in [0.05, 0.1) is 17.1 Å². The minimum atomic E-state index is 0.213. The third-order valence-corrected chi connectivity index (χ3v) is 13.1. The summed E-state index contributed by atoms with van der Waals surface area (Å²) in [5.41, 5.74) is 16.4. The number of allylic oxidation sites excluding steroid dienone is 2. The molecule has 9 aromatic carbocycles. The summed E-state index contributed by atoms with van der Waals surface area (Å²) in [5, 5.41) is 7.27. The molecule has 2 aliphatic rings. The molecule has 61 heavy (non-hydrogen) atoms. The van der Waals surface area contributed by atoms with Crippen LogP contribution >= 0.6 is 0 Å². The molecule has 0 spiro atoms. The monoisotopic (exact) mass is 778 g/mol. The van der Waals surface area contributed by atoms with Crippen LogP contribution in [0.2, 0.25) is 0 Å². The van der Waals surface area contributed by atoms with Gasteiger partial charge in [-0.25, -0.2) is 0 Å². The van der Waals surface area contributed by atoms with Crippen molar-refractivity contribution in [3.05, 3.63) is 224 Å². The molecule has 2 atom stereocenters. The number of anilines is 2. The summed E-state index contributed by atoms with van der Waals surface area (Å²) in [5.74, 6) is 0.260. The zero-order valence-corrected chi connectivity index (χ0v) is 33.2.